The number of para-hydroxylation sites is 2. The molecule has 278 valence electrons. The van der Waals surface area contributed by atoms with Gasteiger partial charge in [0.15, 0.2) is 0 Å². The van der Waals surface area contributed by atoms with E-state index >= 15 is 0 Å². The lowest BCUT2D eigenvalue weighted by atomic mass is 10.0. The molecule has 0 unspecified atom stereocenters. The smallest absolute Gasteiger partial charge is 0.147 e. The lowest BCUT2D eigenvalue weighted by molar-refractivity contribution is 0.663. The fraction of sp³-hybridized carbons (Fsp3) is 0.0741. The van der Waals surface area contributed by atoms with Crippen molar-refractivity contribution in [3.63, 3.8) is 0 Å². The summed E-state index contributed by atoms with van der Waals surface area (Å²) >= 11 is 0. The summed E-state index contributed by atoms with van der Waals surface area (Å²) in [5.41, 5.74) is 15.2. The highest BCUT2D eigenvalue weighted by Gasteiger charge is 2.21. The van der Waals surface area contributed by atoms with Crippen LogP contribution >= 0.6 is 0 Å². The zero-order valence-corrected chi connectivity index (χ0v) is 32.9. The molecule has 2 heterocycles. The van der Waals surface area contributed by atoms with E-state index in [2.05, 4.69) is 207 Å². The third-order valence-corrected chi connectivity index (χ3v) is 12.1. The zero-order chi connectivity index (χ0) is 39.1. The first-order valence-electron chi connectivity index (χ1n) is 19.9. The summed E-state index contributed by atoms with van der Waals surface area (Å²) in [5.74, 6) is 0. The SMILES string of the molecule is Cc1cccc(N(c2ccccc2)c2ccc3cc4c(cc3c2)oc2c4ccc3oc4cc5cc(N(c6ccccc6)c6cccc(C)c6C)ccc5cc4c32)c1C. The van der Waals surface area contributed by atoms with Gasteiger partial charge in [-0.15, -0.1) is 0 Å². The standard InChI is InChI=1S/C54H40N2O2/c1-33-13-11-19-48(35(33)3)55(41-15-7-5-8-16-41)43-23-21-37-29-46-45-25-26-50-53(54(45)58-51(46)31-39(37)27-43)47-30-38-22-24-44(28-40(38)32-52(47)57-50)56(42-17-9-6-10-18-42)49-20-12-14-34(2)36(49)4/h5-32H,1-4H3. The molecule has 58 heavy (non-hydrogen) atoms. The van der Waals surface area contributed by atoms with E-state index in [1.54, 1.807) is 0 Å². The van der Waals surface area contributed by atoms with Crippen LogP contribution in [0.25, 0.3) is 65.4 Å². The van der Waals surface area contributed by atoms with Crippen LogP contribution in [0, 0.1) is 27.7 Å². The van der Waals surface area contributed by atoms with Gasteiger partial charge in [-0.1, -0.05) is 72.8 Å². The largest absolute Gasteiger partial charge is 0.456 e. The number of anilines is 6. The van der Waals surface area contributed by atoms with Crippen molar-refractivity contribution in [2.45, 2.75) is 27.7 Å². The number of hydrogen-bond donors (Lipinski definition) is 0. The fourth-order valence-corrected chi connectivity index (χ4v) is 8.80. The lowest BCUT2D eigenvalue weighted by Crippen LogP contribution is -2.11. The van der Waals surface area contributed by atoms with Crippen LogP contribution in [0.15, 0.2) is 179 Å². The van der Waals surface area contributed by atoms with Crippen LogP contribution in [0.2, 0.25) is 0 Å². The molecule has 0 atom stereocenters. The molecule has 4 nitrogen and oxygen atoms in total. The first kappa shape index (κ1) is 34.0. The predicted molar refractivity (Wildman–Crippen MR) is 244 cm³/mol. The van der Waals surface area contributed by atoms with Crippen molar-refractivity contribution in [3.8, 4) is 0 Å². The number of rotatable bonds is 6. The van der Waals surface area contributed by atoms with Gasteiger partial charge in [-0.05, 0) is 169 Å². The van der Waals surface area contributed by atoms with Gasteiger partial charge in [0.1, 0.15) is 22.3 Å². The maximum absolute atomic E-state index is 6.85. The Hall–Kier alpha value is -7.30. The first-order chi connectivity index (χ1) is 28.4. The molecule has 11 aromatic rings. The highest BCUT2D eigenvalue weighted by Crippen LogP contribution is 2.44. The highest BCUT2D eigenvalue weighted by atomic mass is 16.3. The van der Waals surface area contributed by atoms with Crippen molar-refractivity contribution in [3.05, 3.63) is 192 Å². The van der Waals surface area contributed by atoms with Crippen LogP contribution < -0.4 is 9.80 Å². The number of furan rings is 2. The summed E-state index contributed by atoms with van der Waals surface area (Å²) in [7, 11) is 0. The second kappa shape index (κ2) is 13.1. The second-order valence-corrected chi connectivity index (χ2v) is 15.6. The van der Waals surface area contributed by atoms with Gasteiger partial charge in [-0.2, -0.15) is 0 Å². The second-order valence-electron chi connectivity index (χ2n) is 15.6. The number of benzene rings is 9. The Bertz CT molecular complexity index is 3400. The van der Waals surface area contributed by atoms with Crippen molar-refractivity contribution in [1.82, 2.24) is 0 Å². The van der Waals surface area contributed by atoms with E-state index in [4.69, 9.17) is 8.83 Å². The third kappa shape index (κ3) is 5.37. The Morgan fingerprint density at radius 3 is 1.41 bits per heavy atom. The highest BCUT2D eigenvalue weighted by molar-refractivity contribution is 6.24. The van der Waals surface area contributed by atoms with Gasteiger partial charge >= 0.3 is 0 Å². The van der Waals surface area contributed by atoms with Crippen molar-refractivity contribution in [2.24, 2.45) is 0 Å². The molecule has 4 heteroatoms. The van der Waals surface area contributed by atoms with Crippen LogP contribution in [0.5, 0.6) is 0 Å². The van der Waals surface area contributed by atoms with E-state index in [-0.39, 0.29) is 0 Å². The van der Waals surface area contributed by atoms with Crippen LogP contribution in [0.4, 0.5) is 34.1 Å². The van der Waals surface area contributed by atoms with Gasteiger partial charge in [-0.3, -0.25) is 0 Å². The molecule has 0 N–H and O–H groups in total. The van der Waals surface area contributed by atoms with Crippen LogP contribution in [0.1, 0.15) is 22.3 Å². The third-order valence-electron chi connectivity index (χ3n) is 12.1. The quantitative estimate of drug-likeness (QED) is 0.170. The minimum Gasteiger partial charge on any atom is -0.456 e. The monoisotopic (exact) mass is 748 g/mol. The maximum atomic E-state index is 6.85. The maximum Gasteiger partial charge on any atom is 0.147 e. The molecule has 2 aromatic heterocycles. The summed E-state index contributed by atoms with van der Waals surface area (Å²) < 4.78 is 13.5. The van der Waals surface area contributed by atoms with E-state index in [1.807, 2.05) is 0 Å². The molecule has 0 fully saturated rings. The molecule has 0 saturated heterocycles. The molecule has 9 aromatic carbocycles. The van der Waals surface area contributed by atoms with E-state index in [1.165, 1.54) is 33.6 Å². The minimum atomic E-state index is 0.817. The summed E-state index contributed by atoms with van der Waals surface area (Å²) in [5, 5.41) is 8.78. The van der Waals surface area contributed by atoms with E-state index < -0.39 is 0 Å². The van der Waals surface area contributed by atoms with Crippen LogP contribution in [-0.4, -0.2) is 0 Å². The Morgan fingerprint density at radius 2 is 0.862 bits per heavy atom. The van der Waals surface area contributed by atoms with Crippen molar-refractivity contribution >= 4 is 99.5 Å². The fourth-order valence-electron chi connectivity index (χ4n) is 8.80. The number of hydrogen-bond acceptors (Lipinski definition) is 4. The van der Waals surface area contributed by atoms with Gasteiger partial charge in [0, 0.05) is 50.3 Å². The molecule has 0 aliphatic rings. The Labute approximate surface area is 336 Å². The summed E-state index contributed by atoms with van der Waals surface area (Å²) in [6, 6.07) is 60.8. The topological polar surface area (TPSA) is 32.8 Å². The molecule has 0 radical (unpaired) electrons. The van der Waals surface area contributed by atoms with Crippen molar-refractivity contribution in [2.75, 3.05) is 9.80 Å². The van der Waals surface area contributed by atoms with Gasteiger partial charge in [0.25, 0.3) is 0 Å². The summed E-state index contributed by atoms with van der Waals surface area (Å²) in [6.07, 6.45) is 0. The molecule has 0 amide bonds. The molecule has 0 spiro atoms. The van der Waals surface area contributed by atoms with E-state index in [9.17, 15) is 0 Å². The summed E-state index contributed by atoms with van der Waals surface area (Å²) in [6.45, 7) is 8.75. The normalized spacial score (nSPS) is 11.8. The zero-order valence-electron chi connectivity index (χ0n) is 32.9. The Morgan fingerprint density at radius 1 is 0.345 bits per heavy atom. The van der Waals surface area contributed by atoms with E-state index in [0.29, 0.717) is 0 Å². The Kier molecular flexibility index (Phi) is 7.70. The van der Waals surface area contributed by atoms with Gasteiger partial charge < -0.3 is 18.6 Å². The number of nitrogens with zero attached hydrogens (tertiary/aromatic N) is 2. The van der Waals surface area contributed by atoms with Gasteiger partial charge in [-0.25, -0.2) is 0 Å². The molecular weight excluding hydrogens is 709 g/mol. The number of aryl methyl sites for hydroxylation is 2. The van der Waals surface area contributed by atoms with Crippen LogP contribution in [-0.2, 0) is 0 Å². The average Bonchev–Trinajstić information content (AvgIpc) is 3.80. The molecule has 0 saturated carbocycles. The predicted octanol–water partition coefficient (Wildman–Crippen LogP) is 16.0. The average molecular weight is 749 g/mol. The van der Waals surface area contributed by atoms with E-state index in [0.717, 1.165) is 88.2 Å². The molecule has 0 aliphatic carbocycles. The molecule has 0 aliphatic heterocycles. The Balaban J connectivity index is 1.05. The lowest BCUT2D eigenvalue weighted by Gasteiger charge is -2.28. The molecular formula is C54H40N2O2. The van der Waals surface area contributed by atoms with Gasteiger partial charge in [0.2, 0.25) is 0 Å². The van der Waals surface area contributed by atoms with Crippen molar-refractivity contribution in [1.29, 1.82) is 0 Å². The van der Waals surface area contributed by atoms with Gasteiger partial charge in [0.05, 0.1) is 5.39 Å². The minimum absolute atomic E-state index is 0.817. The number of fused-ring (bicyclic) bond motifs is 9. The van der Waals surface area contributed by atoms with Crippen molar-refractivity contribution < 1.29 is 8.83 Å². The summed E-state index contributed by atoms with van der Waals surface area (Å²) in [4.78, 5) is 4.69. The first-order valence-corrected chi connectivity index (χ1v) is 19.9. The molecule has 11 rings (SSSR count). The molecule has 0 bridgehead atoms. The van der Waals surface area contributed by atoms with Crippen LogP contribution in [0.3, 0.4) is 0 Å².